The molecule has 1 amide bonds. The summed E-state index contributed by atoms with van der Waals surface area (Å²) < 4.78 is 0. The first kappa shape index (κ1) is 15.8. The van der Waals surface area contributed by atoms with Gasteiger partial charge in [-0.25, -0.2) is 4.79 Å². The Labute approximate surface area is 121 Å². The lowest BCUT2D eigenvalue weighted by Crippen LogP contribution is -2.52. The number of rotatable bonds is 4. The van der Waals surface area contributed by atoms with Crippen molar-refractivity contribution in [1.82, 2.24) is 4.90 Å². The summed E-state index contributed by atoms with van der Waals surface area (Å²) in [4.78, 5) is 24.9. The summed E-state index contributed by atoms with van der Waals surface area (Å²) in [5.41, 5.74) is -1.03. The Kier molecular flexibility index (Phi) is 4.82. The molecule has 0 bridgehead atoms. The highest BCUT2D eigenvalue weighted by Crippen LogP contribution is 2.23. The predicted octanol–water partition coefficient (Wildman–Crippen LogP) is 3.32. The van der Waals surface area contributed by atoms with Crippen LogP contribution in [0.25, 0.3) is 0 Å². The molecule has 6 heteroatoms. The summed E-state index contributed by atoms with van der Waals surface area (Å²) in [6.07, 6.45) is 0. The average molecular weight is 304 g/mol. The maximum Gasteiger partial charge on any atom is 0.329 e. The molecule has 0 unspecified atom stereocenters. The topological polar surface area (TPSA) is 57.6 Å². The number of carboxylic acid groups (broad SMARTS) is 1. The first-order chi connectivity index (χ1) is 8.70. The van der Waals surface area contributed by atoms with Crippen molar-refractivity contribution in [2.45, 2.75) is 26.3 Å². The van der Waals surface area contributed by atoms with Crippen molar-refractivity contribution in [3.05, 3.63) is 33.8 Å². The fourth-order valence-electron chi connectivity index (χ4n) is 1.74. The zero-order valence-corrected chi connectivity index (χ0v) is 12.4. The van der Waals surface area contributed by atoms with Crippen LogP contribution in [0, 0.1) is 0 Å². The number of hydrogen-bond donors (Lipinski definition) is 1. The molecule has 4 nitrogen and oxygen atoms in total. The molecule has 0 radical (unpaired) electrons. The Bertz CT molecular complexity index is 494. The number of likely N-dealkylation sites (N-methyl/N-ethyl adjacent to an activating group) is 1. The number of amides is 1. The minimum absolute atomic E-state index is 0.266. The maximum atomic E-state index is 12.4. The van der Waals surface area contributed by atoms with E-state index in [9.17, 15) is 14.7 Å². The zero-order chi connectivity index (χ0) is 14.8. The fraction of sp³-hybridized carbons (Fsp3) is 0.385. The van der Waals surface area contributed by atoms with Crippen molar-refractivity contribution in [2.75, 3.05) is 6.54 Å². The molecule has 0 spiro atoms. The van der Waals surface area contributed by atoms with Gasteiger partial charge in [0, 0.05) is 22.2 Å². The third-order valence-electron chi connectivity index (χ3n) is 2.87. The van der Waals surface area contributed by atoms with Crippen LogP contribution in [0.15, 0.2) is 18.2 Å². The van der Waals surface area contributed by atoms with Gasteiger partial charge in [-0.05, 0) is 39.0 Å². The lowest BCUT2D eigenvalue weighted by molar-refractivity contribution is -0.147. The molecular weight excluding hydrogens is 289 g/mol. The lowest BCUT2D eigenvalue weighted by atomic mass is 10.0. The second-order valence-electron chi connectivity index (χ2n) is 4.57. The Morgan fingerprint density at radius 2 is 1.68 bits per heavy atom. The van der Waals surface area contributed by atoms with Crippen LogP contribution in [0.3, 0.4) is 0 Å². The van der Waals surface area contributed by atoms with Gasteiger partial charge in [0.25, 0.3) is 5.91 Å². The Morgan fingerprint density at radius 3 is 2.05 bits per heavy atom. The summed E-state index contributed by atoms with van der Waals surface area (Å²) in [5.74, 6) is -1.49. The van der Waals surface area contributed by atoms with E-state index in [-0.39, 0.29) is 12.1 Å². The summed E-state index contributed by atoms with van der Waals surface area (Å²) >= 11 is 11.7. The third kappa shape index (κ3) is 3.39. The lowest BCUT2D eigenvalue weighted by Gasteiger charge is -2.34. The fourth-order valence-corrected chi connectivity index (χ4v) is 2.27. The summed E-state index contributed by atoms with van der Waals surface area (Å²) in [7, 11) is 0. The minimum atomic E-state index is -1.30. The molecule has 0 aliphatic carbocycles. The normalized spacial score (nSPS) is 11.2. The van der Waals surface area contributed by atoms with Crippen LogP contribution in [-0.2, 0) is 4.79 Å². The first-order valence-electron chi connectivity index (χ1n) is 5.71. The number of hydrogen-bond acceptors (Lipinski definition) is 2. The van der Waals surface area contributed by atoms with Crippen molar-refractivity contribution in [1.29, 1.82) is 0 Å². The third-order valence-corrected chi connectivity index (χ3v) is 3.31. The molecule has 0 aromatic heterocycles. The molecule has 1 rings (SSSR count). The molecule has 0 fully saturated rings. The Balaban J connectivity index is 3.19. The van der Waals surface area contributed by atoms with Gasteiger partial charge in [-0.1, -0.05) is 23.2 Å². The van der Waals surface area contributed by atoms with E-state index < -0.39 is 17.4 Å². The van der Waals surface area contributed by atoms with Crippen LogP contribution in [0.5, 0.6) is 0 Å². The van der Waals surface area contributed by atoms with Crippen molar-refractivity contribution in [2.24, 2.45) is 0 Å². The van der Waals surface area contributed by atoms with Gasteiger partial charge in [-0.15, -0.1) is 0 Å². The van der Waals surface area contributed by atoms with E-state index in [0.717, 1.165) is 0 Å². The zero-order valence-electron chi connectivity index (χ0n) is 10.9. The molecule has 19 heavy (non-hydrogen) atoms. The van der Waals surface area contributed by atoms with Gasteiger partial charge in [-0.2, -0.15) is 0 Å². The highest BCUT2D eigenvalue weighted by Gasteiger charge is 2.37. The molecule has 0 aliphatic heterocycles. The molecular formula is C13H15Cl2NO3. The summed E-state index contributed by atoms with van der Waals surface area (Å²) in [5, 5.41) is 9.87. The van der Waals surface area contributed by atoms with E-state index in [2.05, 4.69) is 0 Å². The number of halogens is 2. The van der Waals surface area contributed by atoms with Gasteiger partial charge in [0.1, 0.15) is 5.54 Å². The number of nitrogens with zero attached hydrogens (tertiary/aromatic N) is 1. The van der Waals surface area contributed by atoms with Crippen LogP contribution in [0.1, 0.15) is 31.1 Å². The predicted molar refractivity (Wildman–Crippen MR) is 74.9 cm³/mol. The average Bonchev–Trinajstić information content (AvgIpc) is 2.27. The summed E-state index contributed by atoms with van der Waals surface area (Å²) in [6, 6.07) is 4.45. The molecule has 104 valence electrons. The van der Waals surface area contributed by atoms with Gasteiger partial charge >= 0.3 is 5.97 Å². The van der Waals surface area contributed by atoms with Crippen LogP contribution in [-0.4, -0.2) is 34.0 Å². The number of aliphatic carboxylic acids is 1. The molecule has 0 aliphatic rings. The largest absolute Gasteiger partial charge is 0.480 e. The number of carboxylic acids is 1. The smallest absolute Gasteiger partial charge is 0.329 e. The molecule has 0 saturated heterocycles. The standard InChI is InChI=1S/C13H15Cl2NO3/c1-4-16(13(2,3)12(18)19)11(17)8-5-9(14)7-10(15)6-8/h5-7H,4H2,1-3H3,(H,18,19). The summed E-state index contributed by atoms with van der Waals surface area (Å²) in [6.45, 7) is 4.93. The number of benzene rings is 1. The quantitative estimate of drug-likeness (QED) is 0.928. The van der Waals surface area contributed by atoms with Crippen LogP contribution >= 0.6 is 23.2 Å². The van der Waals surface area contributed by atoms with Gasteiger partial charge in [0.2, 0.25) is 0 Å². The van der Waals surface area contributed by atoms with Gasteiger partial charge in [0.15, 0.2) is 0 Å². The SMILES string of the molecule is CCN(C(=O)c1cc(Cl)cc(Cl)c1)C(C)(C)C(=O)O. The number of carbonyl (C=O) groups is 2. The Morgan fingerprint density at radius 1 is 1.21 bits per heavy atom. The second-order valence-corrected chi connectivity index (χ2v) is 5.44. The maximum absolute atomic E-state index is 12.4. The van der Waals surface area contributed by atoms with Gasteiger partial charge < -0.3 is 10.0 Å². The van der Waals surface area contributed by atoms with Crippen LogP contribution in [0.4, 0.5) is 0 Å². The van der Waals surface area contributed by atoms with E-state index >= 15 is 0 Å². The molecule has 0 saturated carbocycles. The van der Waals surface area contributed by atoms with Crippen molar-refractivity contribution in [3.63, 3.8) is 0 Å². The molecule has 1 aromatic rings. The molecule has 0 heterocycles. The van der Waals surface area contributed by atoms with Crippen molar-refractivity contribution in [3.8, 4) is 0 Å². The highest BCUT2D eigenvalue weighted by molar-refractivity contribution is 6.35. The van der Waals surface area contributed by atoms with E-state index in [1.165, 1.54) is 36.9 Å². The van der Waals surface area contributed by atoms with Crippen molar-refractivity contribution < 1.29 is 14.7 Å². The van der Waals surface area contributed by atoms with E-state index in [1.807, 2.05) is 0 Å². The highest BCUT2D eigenvalue weighted by atomic mass is 35.5. The first-order valence-corrected chi connectivity index (χ1v) is 6.47. The van der Waals surface area contributed by atoms with E-state index in [1.54, 1.807) is 6.92 Å². The van der Waals surface area contributed by atoms with Gasteiger partial charge in [0.05, 0.1) is 0 Å². The van der Waals surface area contributed by atoms with Gasteiger partial charge in [-0.3, -0.25) is 4.79 Å². The Hall–Kier alpha value is -1.26. The monoisotopic (exact) mass is 303 g/mol. The van der Waals surface area contributed by atoms with Crippen LogP contribution in [0.2, 0.25) is 10.0 Å². The van der Waals surface area contributed by atoms with E-state index in [4.69, 9.17) is 23.2 Å². The van der Waals surface area contributed by atoms with Crippen LogP contribution < -0.4 is 0 Å². The minimum Gasteiger partial charge on any atom is -0.480 e. The number of carbonyl (C=O) groups excluding carboxylic acids is 1. The molecule has 1 aromatic carbocycles. The van der Waals surface area contributed by atoms with Crippen molar-refractivity contribution >= 4 is 35.1 Å². The van der Waals surface area contributed by atoms with E-state index in [0.29, 0.717) is 10.0 Å². The second kappa shape index (κ2) is 5.80. The molecule has 0 atom stereocenters. The molecule has 1 N–H and O–H groups in total.